The normalized spacial score (nSPS) is 10.7. The van der Waals surface area contributed by atoms with Crippen molar-refractivity contribution in [1.29, 1.82) is 0 Å². The zero-order valence-electron chi connectivity index (χ0n) is 7.89. The van der Waals surface area contributed by atoms with Crippen LogP contribution in [0.4, 0.5) is 0 Å². The summed E-state index contributed by atoms with van der Waals surface area (Å²) in [5.74, 6) is 0.203. The average molecular weight is 380 g/mol. The maximum atomic E-state index is 9.66. The Morgan fingerprint density at radius 1 is 1.47 bits per heavy atom. The first-order chi connectivity index (χ1) is 6.75. The second-order valence-corrected chi connectivity index (χ2v) is 3.24. The van der Waals surface area contributed by atoms with Crippen LogP contribution in [-0.4, -0.2) is 9.51 Å². The van der Waals surface area contributed by atoms with E-state index in [-0.39, 0.29) is 25.9 Å². The van der Waals surface area contributed by atoms with Crippen molar-refractivity contribution in [3.63, 3.8) is 0 Å². The van der Waals surface area contributed by atoms with Crippen LogP contribution in [0.2, 0.25) is 0 Å². The van der Waals surface area contributed by atoms with Crippen LogP contribution in [0.3, 0.4) is 0 Å². The summed E-state index contributed by atoms with van der Waals surface area (Å²) in [4.78, 5) is 0. The van der Waals surface area contributed by atoms with Gasteiger partial charge in [-0.3, -0.25) is 4.40 Å². The Hall–Kier alpha value is -1.32. The molecular weight excluding hydrogens is 372 g/mol. The first kappa shape index (κ1) is 10.2. The van der Waals surface area contributed by atoms with Crippen molar-refractivity contribution >= 4 is 16.8 Å². The van der Waals surface area contributed by atoms with E-state index in [9.17, 15) is 5.11 Å². The van der Waals surface area contributed by atoms with E-state index in [0.717, 1.165) is 0 Å². The fraction of sp³-hybridized carbons (Fsp3) is 0.100. The molecule has 0 amide bonds. The Morgan fingerprint density at radius 3 is 3.07 bits per heavy atom. The Balaban J connectivity index is 0.000000853. The van der Waals surface area contributed by atoms with E-state index in [1.54, 1.807) is 27.3 Å². The Labute approximate surface area is 99.1 Å². The molecule has 0 aliphatic heterocycles. The smallest absolute Gasteiger partial charge is 0.246 e. The van der Waals surface area contributed by atoms with Gasteiger partial charge in [0.2, 0.25) is 12.0 Å². The number of hydrogen-bond acceptors (Lipinski definition) is 2. The van der Waals surface area contributed by atoms with Crippen LogP contribution in [0.1, 0.15) is 0 Å². The van der Waals surface area contributed by atoms with Crippen LogP contribution in [-0.2, 0) is 27.2 Å². The summed E-state index contributed by atoms with van der Waals surface area (Å²) in [5, 5.41) is 9.66. The van der Waals surface area contributed by atoms with Gasteiger partial charge in [-0.2, -0.15) is 0 Å². The molecule has 1 N–H and O–H groups in total. The number of oxazole rings is 1. The van der Waals surface area contributed by atoms with Crippen LogP contribution in [0.25, 0.3) is 16.8 Å². The molecule has 2 aromatic heterocycles. The van der Waals surface area contributed by atoms with Gasteiger partial charge in [0, 0.05) is 20.1 Å². The number of phenols is 1. The van der Waals surface area contributed by atoms with E-state index in [1.807, 2.05) is 13.1 Å². The maximum Gasteiger partial charge on any atom is 0.246 e. The van der Waals surface area contributed by atoms with Crippen LogP contribution >= 0.6 is 0 Å². The third-order valence-electron chi connectivity index (χ3n) is 2.20. The molecule has 2 heterocycles. The molecule has 0 spiro atoms. The van der Waals surface area contributed by atoms with Crippen LogP contribution < -0.4 is 4.57 Å². The van der Waals surface area contributed by atoms with Gasteiger partial charge in [0.1, 0.15) is 16.8 Å². The van der Waals surface area contributed by atoms with E-state index in [1.165, 1.54) is 0 Å². The standard InChI is InChI=1S/C10H8N2O2.Ir/c1-11-5-9-12(6-11)10-7(13)3-2-4-8(10)14-9;/h2-5,13H,1H3;. The predicted molar refractivity (Wildman–Crippen MR) is 48.8 cm³/mol. The molecule has 0 bridgehead atoms. The van der Waals surface area contributed by atoms with Crippen molar-refractivity contribution in [2.24, 2.45) is 7.05 Å². The molecule has 79 valence electrons. The number of phenolic OH excluding ortho intramolecular Hbond substituents is 1. The minimum Gasteiger partial charge on any atom is -0.513 e. The number of fused-ring (bicyclic) bond motifs is 3. The quantitative estimate of drug-likeness (QED) is 0.467. The number of para-hydroxylation sites is 1. The molecule has 0 saturated carbocycles. The van der Waals surface area contributed by atoms with Gasteiger partial charge in [0.05, 0.1) is 13.2 Å². The van der Waals surface area contributed by atoms with Gasteiger partial charge in [0.25, 0.3) is 0 Å². The number of benzene rings is 1. The van der Waals surface area contributed by atoms with Gasteiger partial charge >= 0.3 is 0 Å². The third-order valence-corrected chi connectivity index (χ3v) is 2.20. The third kappa shape index (κ3) is 1.35. The van der Waals surface area contributed by atoms with Crippen molar-refractivity contribution < 1.29 is 34.2 Å². The molecule has 0 aliphatic carbocycles. The summed E-state index contributed by atoms with van der Waals surface area (Å²) in [5.41, 5.74) is 1.99. The summed E-state index contributed by atoms with van der Waals surface area (Å²) in [7, 11) is 1.86. The fourth-order valence-electron chi connectivity index (χ4n) is 1.62. The molecule has 5 heteroatoms. The molecule has 4 nitrogen and oxygen atoms in total. The number of rotatable bonds is 0. The molecule has 0 saturated heterocycles. The number of nitrogens with zero attached hydrogens (tertiary/aromatic N) is 2. The summed E-state index contributed by atoms with van der Waals surface area (Å²) in [6.07, 6.45) is 4.81. The van der Waals surface area contributed by atoms with Gasteiger partial charge in [-0.05, 0) is 12.1 Å². The van der Waals surface area contributed by atoms with E-state index in [0.29, 0.717) is 16.8 Å². The summed E-state index contributed by atoms with van der Waals surface area (Å²) in [6.45, 7) is 0. The second kappa shape index (κ2) is 3.36. The number of aryl methyl sites for hydroxylation is 1. The van der Waals surface area contributed by atoms with E-state index < -0.39 is 0 Å². The van der Waals surface area contributed by atoms with Crippen molar-refractivity contribution in [2.75, 3.05) is 0 Å². The van der Waals surface area contributed by atoms with Crippen LogP contribution in [0.15, 0.2) is 28.8 Å². The SMILES string of the molecule is C[n+]1[c-]n2c(c1)oc1cccc(O)c12.[Ir]. The molecule has 0 aliphatic rings. The van der Waals surface area contributed by atoms with Crippen molar-refractivity contribution in [3.8, 4) is 5.75 Å². The predicted octanol–water partition coefficient (Wildman–Crippen LogP) is 1.01. The van der Waals surface area contributed by atoms with Gasteiger partial charge in [0.15, 0.2) is 0 Å². The fourth-order valence-corrected chi connectivity index (χ4v) is 1.62. The Kier molecular flexibility index (Phi) is 2.29. The first-order valence-corrected chi connectivity index (χ1v) is 4.26. The van der Waals surface area contributed by atoms with Crippen molar-refractivity contribution in [2.45, 2.75) is 0 Å². The van der Waals surface area contributed by atoms with E-state index >= 15 is 0 Å². The van der Waals surface area contributed by atoms with Crippen molar-refractivity contribution in [3.05, 3.63) is 30.7 Å². The maximum absolute atomic E-state index is 9.66. The molecule has 1 radical (unpaired) electrons. The largest absolute Gasteiger partial charge is 0.513 e. The zero-order valence-corrected chi connectivity index (χ0v) is 10.3. The molecular formula is C10H8IrN2O2. The number of aromatic hydroxyl groups is 1. The Bertz CT molecular complexity index is 627. The molecule has 0 fully saturated rings. The van der Waals surface area contributed by atoms with Gasteiger partial charge in [-0.25, -0.2) is 0 Å². The summed E-state index contributed by atoms with van der Waals surface area (Å²) >= 11 is 0. The van der Waals surface area contributed by atoms with Crippen LogP contribution in [0.5, 0.6) is 5.75 Å². The molecule has 15 heavy (non-hydrogen) atoms. The van der Waals surface area contributed by atoms with Gasteiger partial charge in [-0.15, -0.1) is 0 Å². The minimum atomic E-state index is 0. The van der Waals surface area contributed by atoms with Gasteiger partial charge in [-0.1, -0.05) is 6.07 Å². The Morgan fingerprint density at radius 2 is 2.27 bits per heavy atom. The number of aromatic nitrogens is 2. The molecule has 0 unspecified atom stereocenters. The summed E-state index contributed by atoms with van der Waals surface area (Å²) in [6, 6.07) is 5.20. The average Bonchev–Trinajstić information content (AvgIpc) is 2.60. The van der Waals surface area contributed by atoms with Gasteiger partial charge < -0.3 is 14.1 Å². The molecule has 3 aromatic rings. The topological polar surface area (TPSA) is 41.7 Å². The molecule has 0 atom stereocenters. The first-order valence-electron chi connectivity index (χ1n) is 4.26. The minimum absolute atomic E-state index is 0. The summed E-state index contributed by atoms with van der Waals surface area (Å²) < 4.78 is 8.96. The van der Waals surface area contributed by atoms with E-state index in [2.05, 4.69) is 6.33 Å². The number of hydrogen-bond donors (Lipinski definition) is 1. The molecule has 1 aromatic carbocycles. The monoisotopic (exact) mass is 381 g/mol. The van der Waals surface area contributed by atoms with Crippen molar-refractivity contribution in [1.82, 2.24) is 4.40 Å². The zero-order chi connectivity index (χ0) is 9.71. The van der Waals surface area contributed by atoms with E-state index in [4.69, 9.17) is 4.42 Å². The molecule has 3 rings (SSSR count). The number of imidazole rings is 1. The van der Waals surface area contributed by atoms with Crippen LogP contribution in [0, 0.1) is 6.33 Å². The second-order valence-electron chi connectivity index (χ2n) is 3.24.